The number of hydrogen-bond donors (Lipinski definition) is 1. The van der Waals surface area contributed by atoms with Gasteiger partial charge in [-0.2, -0.15) is 17.0 Å². The zero-order valence-electron chi connectivity index (χ0n) is 10.9. The second kappa shape index (κ2) is 5.83. The Hall–Kier alpha value is -0.210. The van der Waals surface area contributed by atoms with Gasteiger partial charge in [0.2, 0.25) is 0 Å². The standard InChI is InChI=1S/C11H23N3O3S/c1-13(11-4-6-17-9-11)18(15,16)14-5-2-3-10(7-12)8-14/h10-11H,2-9,12H2,1H3. The van der Waals surface area contributed by atoms with Crippen LogP contribution < -0.4 is 5.73 Å². The first-order valence-electron chi connectivity index (χ1n) is 6.56. The average molecular weight is 277 g/mol. The molecule has 0 aromatic rings. The summed E-state index contributed by atoms with van der Waals surface area (Å²) in [5.41, 5.74) is 5.65. The van der Waals surface area contributed by atoms with E-state index in [4.69, 9.17) is 10.5 Å². The molecule has 2 heterocycles. The predicted molar refractivity (Wildman–Crippen MR) is 69.3 cm³/mol. The van der Waals surface area contributed by atoms with Gasteiger partial charge in [0.05, 0.1) is 12.6 Å². The summed E-state index contributed by atoms with van der Waals surface area (Å²) in [5.74, 6) is 0.293. The van der Waals surface area contributed by atoms with Crippen molar-refractivity contribution >= 4 is 10.2 Å². The Morgan fingerprint density at radius 1 is 1.44 bits per heavy atom. The molecule has 2 rings (SSSR count). The molecule has 0 aliphatic carbocycles. The molecule has 106 valence electrons. The molecule has 0 spiro atoms. The highest BCUT2D eigenvalue weighted by Crippen LogP contribution is 2.22. The first-order valence-corrected chi connectivity index (χ1v) is 7.96. The number of hydrogen-bond acceptors (Lipinski definition) is 4. The summed E-state index contributed by atoms with van der Waals surface area (Å²) >= 11 is 0. The van der Waals surface area contributed by atoms with Crippen molar-refractivity contribution in [2.75, 3.05) is 39.9 Å². The molecule has 0 saturated carbocycles. The van der Waals surface area contributed by atoms with E-state index in [0.717, 1.165) is 19.3 Å². The van der Waals surface area contributed by atoms with Crippen molar-refractivity contribution < 1.29 is 13.2 Å². The Kier molecular flexibility index (Phi) is 4.60. The first-order chi connectivity index (χ1) is 8.55. The van der Waals surface area contributed by atoms with E-state index in [1.807, 2.05) is 0 Å². The van der Waals surface area contributed by atoms with Crippen LogP contribution in [0.4, 0.5) is 0 Å². The maximum absolute atomic E-state index is 12.5. The first kappa shape index (κ1) is 14.2. The van der Waals surface area contributed by atoms with Crippen molar-refractivity contribution in [3.05, 3.63) is 0 Å². The van der Waals surface area contributed by atoms with Crippen molar-refractivity contribution in [3.63, 3.8) is 0 Å². The Bertz CT molecular complexity index is 368. The van der Waals surface area contributed by atoms with Crippen LogP contribution in [0.3, 0.4) is 0 Å². The Morgan fingerprint density at radius 3 is 2.83 bits per heavy atom. The van der Waals surface area contributed by atoms with Crippen LogP contribution in [0, 0.1) is 5.92 Å². The molecule has 0 amide bonds. The molecule has 7 heteroatoms. The lowest BCUT2D eigenvalue weighted by Crippen LogP contribution is -2.50. The molecule has 2 atom stereocenters. The lowest BCUT2D eigenvalue weighted by Gasteiger charge is -2.35. The van der Waals surface area contributed by atoms with Crippen LogP contribution in [-0.4, -0.2) is 63.0 Å². The Balaban J connectivity index is 2.04. The maximum atomic E-state index is 12.5. The predicted octanol–water partition coefficient (Wildman–Crippen LogP) is -0.377. The minimum Gasteiger partial charge on any atom is -0.380 e. The van der Waals surface area contributed by atoms with Gasteiger partial charge in [0.1, 0.15) is 0 Å². The van der Waals surface area contributed by atoms with Crippen LogP contribution in [0.2, 0.25) is 0 Å². The molecule has 0 bridgehead atoms. The highest BCUT2D eigenvalue weighted by Gasteiger charge is 2.36. The van der Waals surface area contributed by atoms with Gasteiger partial charge >= 0.3 is 0 Å². The van der Waals surface area contributed by atoms with Gasteiger partial charge in [0.15, 0.2) is 0 Å². The Labute approximate surface area is 109 Å². The minimum absolute atomic E-state index is 0.0201. The summed E-state index contributed by atoms with van der Waals surface area (Å²) in [6, 6.07) is -0.0201. The van der Waals surface area contributed by atoms with Gasteiger partial charge in [-0.3, -0.25) is 0 Å². The zero-order valence-corrected chi connectivity index (χ0v) is 11.7. The molecule has 2 N–H and O–H groups in total. The molecule has 2 aliphatic heterocycles. The second-order valence-corrected chi connectivity index (χ2v) is 7.13. The largest absolute Gasteiger partial charge is 0.380 e. The van der Waals surface area contributed by atoms with E-state index in [1.54, 1.807) is 11.4 Å². The van der Waals surface area contributed by atoms with E-state index in [2.05, 4.69) is 0 Å². The third kappa shape index (κ3) is 2.85. The van der Waals surface area contributed by atoms with Gasteiger partial charge in [0.25, 0.3) is 10.2 Å². The van der Waals surface area contributed by atoms with Crippen molar-refractivity contribution in [1.29, 1.82) is 0 Å². The summed E-state index contributed by atoms with van der Waals surface area (Å²) in [6.07, 6.45) is 2.71. The van der Waals surface area contributed by atoms with E-state index in [0.29, 0.717) is 38.8 Å². The lowest BCUT2D eigenvalue weighted by molar-refractivity contribution is 0.177. The van der Waals surface area contributed by atoms with E-state index in [-0.39, 0.29) is 6.04 Å². The smallest absolute Gasteiger partial charge is 0.282 e. The molecular formula is C11H23N3O3S. The number of nitrogens with zero attached hydrogens (tertiary/aromatic N) is 2. The van der Waals surface area contributed by atoms with Gasteiger partial charge in [-0.15, -0.1) is 0 Å². The fraction of sp³-hybridized carbons (Fsp3) is 1.00. The number of likely N-dealkylation sites (N-methyl/N-ethyl adjacent to an activating group) is 1. The topological polar surface area (TPSA) is 75.9 Å². The van der Waals surface area contributed by atoms with Crippen LogP contribution in [0.1, 0.15) is 19.3 Å². The van der Waals surface area contributed by atoms with Gasteiger partial charge in [-0.1, -0.05) is 0 Å². The number of nitrogens with two attached hydrogens (primary N) is 1. The molecule has 0 aromatic heterocycles. The SMILES string of the molecule is CN(C1CCOC1)S(=O)(=O)N1CCCC(CN)C1. The van der Waals surface area contributed by atoms with Gasteiger partial charge in [-0.25, -0.2) is 0 Å². The molecule has 2 unspecified atom stereocenters. The highest BCUT2D eigenvalue weighted by atomic mass is 32.2. The molecule has 6 nitrogen and oxygen atoms in total. The van der Waals surface area contributed by atoms with Gasteiger partial charge in [0, 0.05) is 26.7 Å². The highest BCUT2D eigenvalue weighted by molar-refractivity contribution is 7.86. The normalized spacial score (nSPS) is 31.1. The summed E-state index contributed by atoms with van der Waals surface area (Å²) in [4.78, 5) is 0. The van der Waals surface area contributed by atoms with Crippen LogP contribution in [0.15, 0.2) is 0 Å². The second-order valence-electron chi connectivity index (χ2n) is 5.14. The molecular weight excluding hydrogens is 254 g/mol. The molecule has 0 radical (unpaired) electrons. The molecule has 18 heavy (non-hydrogen) atoms. The summed E-state index contributed by atoms with van der Waals surface area (Å²) in [6.45, 7) is 2.87. The van der Waals surface area contributed by atoms with E-state index in [1.165, 1.54) is 4.31 Å². The van der Waals surface area contributed by atoms with Gasteiger partial charge < -0.3 is 10.5 Å². The molecule has 2 aliphatic rings. The summed E-state index contributed by atoms with van der Waals surface area (Å²) in [7, 11) is -1.70. The number of rotatable bonds is 4. The van der Waals surface area contributed by atoms with Crippen molar-refractivity contribution in [1.82, 2.24) is 8.61 Å². The fourth-order valence-corrected chi connectivity index (χ4v) is 4.27. The fourth-order valence-electron chi connectivity index (χ4n) is 2.61. The third-order valence-corrected chi connectivity index (χ3v) is 5.94. The van der Waals surface area contributed by atoms with Crippen molar-refractivity contribution in [3.8, 4) is 0 Å². The minimum atomic E-state index is -3.36. The van der Waals surface area contributed by atoms with Crippen LogP contribution >= 0.6 is 0 Å². The number of ether oxygens (including phenoxy) is 1. The molecule has 0 aromatic carbocycles. The monoisotopic (exact) mass is 277 g/mol. The van der Waals surface area contributed by atoms with Crippen molar-refractivity contribution in [2.45, 2.75) is 25.3 Å². The summed E-state index contributed by atoms with van der Waals surface area (Å²) in [5, 5.41) is 0. The average Bonchev–Trinajstić information content (AvgIpc) is 2.91. The van der Waals surface area contributed by atoms with Crippen molar-refractivity contribution in [2.24, 2.45) is 11.7 Å². The zero-order chi connectivity index (χ0) is 13.2. The quantitative estimate of drug-likeness (QED) is 0.760. The molecule has 2 fully saturated rings. The van der Waals surface area contributed by atoms with E-state index >= 15 is 0 Å². The third-order valence-electron chi connectivity index (χ3n) is 3.93. The van der Waals surface area contributed by atoms with E-state index in [9.17, 15) is 8.42 Å². The molecule has 2 saturated heterocycles. The number of piperidine rings is 1. The lowest BCUT2D eigenvalue weighted by atomic mass is 10.0. The van der Waals surface area contributed by atoms with Crippen LogP contribution in [-0.2, 0) is 14.9 Å². The van der Waals surface area contributed by atoms with Crippen LogP contribution in [0.5, 0.6) is 0 Å². The van der Waals surface area contributed by atoms with Gasteiger partial charge in [-0.05, 0) is 31.7 Å². The maximum Gasteiger partial charge on any atom is 0.282 e. The van der Waals surface area contributed by atoms with Crippen LogP contribution in [0.25, 0.3) is 0 Å². The summed E-state index contributed by atoms with van der Waals surface area (Å²) < 4.78 is 33.3. The Morgan fingerprint density at radius 2 is 2.22 bits per heavy atom. The van der Waals surface area contributed by atoms with E-state index < -0.39 is 10.2 Å².